The summed E-state index contributed by atoms with van der Waals surface area (Å²) in [5.41, 5.74) is -7.14. The minimum atomic E-state index is -6.21. The second-order valence-corrected chi connectivity index (χ2v) is 5.93. The van der Waals surface area contributed by atoms with E-state index in [1.807, 2.05) is 0 Å². The quantitative estimate of drug-likeness (QED) is 0.514. The van der Waals surface area contributed by atoms with Crippen molar-refractivity contribution in [3.63, 3.8) is 0 Å². The Bertz CT molecular complexity index is 658. The number of carboxylic acid groups (broad SMARTS) is 1. The lowest BCUT2D eigenvalue weighted by atomic mass is 9.99. The molecule has 0 saturated heterocycles. The molecular weight excluding hydrogens is 349 g/mol. The number of likely N-dealkylation sites (N-methyl/N-ethyl adjacent to an activating group) is 1. The van der Waals surface area contributed by atoms with E-state index >= 15 is 0 Å². The fraction of sp³-hybridized carbons (Fsp3) is 0.600. The van der Waals surface area contributed by atoms with Crippen LogP contribution in [0.5, 0.6) is 0 Å². The fourth-order valence-electron chi connectivity index (χ4n) is 1.65. The van der Waals surface area contributed by atoms with E-state index in [1.165, 1.54) is 6.92 Å². The summed E-state index contributed by atoms with van der Waals surface area (Å²) in [7, 11) is -5.33. The Kier molecular flexibility index (Phi) is 4.87. The topological polar surface area (TPSA) is 122 Å². The number of amides is 1. The Morgan fingerprint density at radius 2 is 1.96 bits per heavy atom. The van der Waals surface area contributed by atoms with E-state index in [9.17, 15) is 31.2 Å². The van der Waals surface area contributed by atoms with Gasteiger partial charge in [-0.3, -0.25) is 15.2 Å². The first-order valence-electron chi connectivity index (χ1n) is 5.94. The number of aliphatic carboxylic acids is 1. The molecule has 1 heterocycles. The molecule has 1 unspecified atom stereocenters. The van der Waals surface area contributed by atoms with Crippen LogP contribution in [0.3, 0.4) is 0 Å². The lowest BCUT2D eigenvalue weighted by Gasteiger charge is -2.39. The smallest absolute Gasteiger partial charge is 0.476 e. The summed E-state index contributed by atoms with van der Waals surface area (Å²) in [4.78, 5) is 23.3. The van der Waals surface area contributed by atoms with Gasteiger partial charge in [0.25, 0.3) is 5.91 Å². The number of methoxy groups -OCH3 is 1. The molecule has 1 aliphatic heterocycles. The number of rotatable bonds is 5. The van der Waals surface area contributed by atoms with Crippen LogP contribution < -0.4 is 5.43 Å². The highest BCUT2D eigenvalue weighted by Crippen LogP contribution is 2.35. The lowest BCUT2D eigenvalue weighted by Crippen LogP contribution is -2.60. The van der Waals surface area contributed by atoms with Crippen molar-refractivity contribution >= 4 is 22.0 Å². The number of carbonyl (C=O) groups is 2. The molecular formula is C10H13F3N2O7S. The van der Waals surface area contributed by atoms with Crippen LogP contribution in [0.1, 0.15) is 13.8 Å². The molecule has 0 radical (unpaired) electrons. The number of ether oxygens (including phenoxy) is 1. The van der Waals surface area contributed by atoms with E-state index in [2.05, 4.69) is 9.61 Å². The average molecular weight is 362 g/mol. The molecule has 1 aliphatic rings. The van der Waals surface area contributed by atoms with Gasteiger partial charge in [-0.2, -0.15) is 21.6 Å². The number of carboxylic acids is 1. The van der Waals surface area contributed by atoms with Gasteiger partial charge in [0.05, 0.1) is 0 Å². The fourth-order valence-corrected chi connectivity index (χ4v) is 2.20. The number of hydrogen-bond acceptors (Lipinski definition) is 7. The molecule has 13 heteroatoms. The lowest BCUT2D eigenvalue weighted by molar-refractivity contribution is -0.151. The van der Waals surface area contributed by atoms with Crippen LogP contribution in [0.2, 0.25) is 0 Å². The molecule has 132 valence electrons. The minimum Gasteiger partial charge on any atom is -0.476 e. The number of hydrogen-bond donors (Lipinski definition) is 2. The summed E-state index contributed by atoms with van der Waals surface area (Å²) in [6.45, 7) is 2.06. The van der Waals surface area contributed by atoms with Gasteiger partial charge in [-0.05, 0) is 13.8 Å². The molecule has 2 N–H and O–H groups in total. The van der Waals surface area contributed by atoms with Crippen molar-refractivity contribution < 1.29 is 45.2 Å². The van der Waals surface area contributed by atoms with Gasteiger partial charge in [-0.1, -0.05) is 0 Å². The molecule has 9 nitrogen and oxygen atoms in total. The molecule has 1 atom stereocenters. The van der Waals surface area contributed by atoms with Crippen LogP contribution in [-0.4, -0.2) is 55.2 Å². The third-order valence-corrected chi connectivity index (χ3v) is 3.94. The molecule has 23 heavy (non-hydrogen) atoms. The van der Waals surface area contributed by atoms with Gasteiger partial charge in [0.2, 0.25) is 5.60 Å². The van der Waals surface area contributed by atoms with E-state index in [1.54, 1.807) is 0 Å². The van der Waals surface area contributed by atoms with Gasteiger partial charge in [-0.15, -0.1) is 0 Å². The molecule has 0 fully saturated rings. The molecule has 0 aromatic heterocycles. The maximum atomic E-state index is 12.5. The monoisotopic (exact) mass is 362 g/mol. The van der Waals surface area contributed by atoms with Crippen molar-refractivity contribution in [2.24, 2.45) is 0 Å². The van der Waals surface area contributed by atoms with E-state index < -0.39 is 44.6 Å². The van der Waals surface area contributed by atoms with Crippen LogP contribution >= 0.6 is 0 Å². The van der Waals surface area contributed by atoms with Crippen molar-refractivity contribution in [2.45, 2.75) is 25.0 Å². The summed E-state index contributed by atoms with van der Waals surface area (Å²) in [5.74, 6) is -4.21. The van der Waals surface area contributed by atoms with Crippen molar-refractivity contribution in [3.05, 3.63) is 11.5 Å². The third kappa shape index (κ3) is 3.19. The first kappa shape index (κ1) is 19.0. The number of halogens is 3. The van der Waals surface area contributed by atoms with Crippen LogP contribution in [0, 0.1) is 0 Å². The number of hydrazine groups is 1. The third-order valence-electron chi connectivity index (χ3n) is 2.99. The molecule has 1 amide bonds. The van der Waals surface area contributed by atoms with E-state index in [4.69, 9.17) is 9.84 Å². The minimum absolute atomic E-state index is 0.188. The van der Waals surface area contributed by atoms with Crippen molar-refractivity contribution in [1.29, 1.82) is 0 Å². The van der Waals surface area contributed by atoms with E-state index in [0.29, 0.717) is 5.01 Å². The Hall–Kier alpha value is -2.02. The van der Waals surface area contributed by atoms with Crippen LogP contribution in [0.15, 0.2) is 11.5 Å². The Morgan fingerprint density at radius 3 is 2.30 bits per heavy atom. The molecule has 0 aromatic rings. The molecule has 0 aliphatic carbocycles. The maximum Gasteiger partial charge on any atom is 0.534 e. The highest BCUT2D eigenvalue weighted by atomic mass is 32.2. The van der Waals surface area contributed by atoms with E-state index in [-0.39, 0.29) is 6.54 Å². The van der Waals surface area contributed by atoms with Crippen molar-refractivity contribution in [1.82, 2.24) is 10.4 Å². The molecule has 0 bridgehead atoms. The van der Waals surface area contributed by atoms with Crippen LogP contribution in [-0.2, 0) is 28.6 Å². The Morgan fingerprint density at radius 1 is 1.43 bits per heavy atom. The van der Waals surface area contributed by atoms with Crippen molar-refractivity contribution in [3.8, 4) is 0 Å². The largest absolute Gasteiger partial charge is 0.534 e. The Balaban J connectivity index is 3.65. The summed E-state index contributed by atoms with van der Waals surface area (Å²) in [6, 6.07) is 0. The number of nitrogens with one attached hydrogen (secondary N) is 1. The second kappa shape index (κ2) is 5.88. The average Bonchev–Trinajstić information content (AvgIpc) is 2.41. The van der Waals surface area contributed by atoms with Gasteiger partial charge in [0.1, 0.15) is 0 Å². The van der Waals surface area contributed by atoms with Gasteiger partial charge in [0.15, 0.2) is 11.5 Å². The van der Waals surface area contributed by atoms with Crippen LogP contribution in [0.25, 0.3) is 0 Å². The SMILES string of the molecule is CCN1NC(=O)C(C)(OC)C(OS(=O)(=O)C(F)(F)F)=C1C(=O)O. The summed E-state index contributed by atoms with van der Waals surface area (Å²) < 4.78 is 68.6. The first-order valence-corrected chi connectivity index (χ1v) is 7.35. The number of carbonyl (C=O) groups excluding carboxylic acids is 1. The second-order valence-electron chi connectivity index (χ2n) is 4.39. The molecule has 0 aromatic carbocycles. The number of nitrogens with zero attached hydrogens (tertiary/aromatic N) is 1. The highest BCUT2D eigenvalue weighted by Gasteiger charge is 2.55. The van der Waals surface area contributed by atoms with Gasteiger partial charge in [-0.25, -0.2) is 4.79 Å². The zero-order valence-corrected chi connectivity index (χ0v) is 12.9. The number of alkyl halides is 3. The molecule has 1 rings (SSSR count). The zero-order valence-electron chi connectivity index (χ0n) is 12.1. The van der Waals surface area contributed by atoms with Gasteiger partial charge in [0, 0.05) is 13.7 Å². The molecule has 0 saturated carbocycles. The predicted octanol–water partition coefficient (Wildman–Crippen LogP) is -0.0794. The zero-order chi connectivity index (χ0) is 18.2. The first-order chi connectivity index (χ1) is 10.3. The highest BCUT2D eigenvalue weighted by molar-refractivity contribution is 7.87. The van der Waals surface area contributed by atoms with Crippen molar-refractivity contribution in [2.75, 3.05) is 13.7 Å². The summed E-state index contributed by atoms with van der Waals surface area (Å²) in [6.07, 6.45) is 0. The predicted molar refractivity (Wildman–Crippen MR) is 66.7 cm³/mol. The maximum absolute atomic E-state index is 12.5. The van der Waals surface area contributed by atoms with Crippen LogP contribution in [0.4, 0.5) is 13.2 Å². The van der Waals surface area contributed by atoms with E-state index in [0.717, 1.165) is 14.0 Å². The van der Waals surface area contributed by atoms with Gasteiger partial charge >= 0.3 is 21.6 Å². The summed E-state index contributed by atoms with van der Waals surface area (Å²) >= 11 is 0. The Labute approximate surface area is 128 Å². The molecule has 0 spiro atoms. The summed E-state index contributed by atoms with van der Waals surface area (Å²) in [5, 5.41) is 9.79. The van der Waals surface area contributed by atoms with Gasteiger partial charge < -0.3 is 14.0 Å². The normalized spacial score (nSPS) is 22.9. The standard InChI is InChI=1S/C10H13F3N2O7S/c1-4-15-5(7(16)17)6(9(2,21-3)8(18)14-15)22-23(19,20)10(11,12)13/h4H2,1-3H3,(H,14,18)(H,16,17).